The lowest BCUT2D eigenvalue weighted by molar-refractivity contribution is 0.0524. The first-order valence-electron chi connectivity index (χ1n) is 7.85. The molecule has 24 heavy (non-hydrogen) atoms. The third kappa shape index (κ3) is 3.15. The quantitative estimate of drug-likeness (QED) is 0.696. The van der Waals surface area contributed by atoms with E-state index in [1.807, 2.05) is 66.7 Å². The fourth-order valence-electron chi connectivity index (χ4n) is 2.69. The van der Waals surface area contributed by atoms with Crippen LogP contribution in [0.3, 0.4) is 0 Å². The second-order valence-corrected chi connectivity index (χ2v) is 5.37. The smallest absolute Gasteiger partial charge is 0.342 e. The summed E-state index contributed by atoms with van der Waals surface area (Å²) in [6.07, 6.45) is 0. The highest BCUT2D eigenvalue weighted by Gasteiger charge is 2.20. The van der Waals surface area contributed by atoms with E-state index in [0.717, 1.165) is 16.7 Å². The molecule has 0 aliphatic carbocycles. The third-order valence-corrected chi connectivity index (χ3v) is 3.79. The molecule has 3 nitrogen and oxygen atoms in total. The maximum absolute atomic E-state index is 12.3. The number of aromatic hydroxyl groups is 1. The van der Waals surface area contributed by atoms with Crippen molar-refractivity contribution in [2.24, 2.45) is 0 Å². The van der Waals surface area contributed by atoms with E-state index in [0.29, 0.717) is 5.56 Å². The summed E-state index contributed by atoms with van der Waals surface area (Å²) in [6, 6.07) is 22.8. The lowest BCUT2D eigenvalue weighted by Gasteiger charge is -2.14. The Bertz CT molecular complexity index is 840. The van der Waals surface area contributed by atoms with Crippen molar-refractivity contribution in [1.82, 2.24) is 0 Å². The van der Waals surface area contributed by atoms with Gasteiger partial charge in [-0.05, 0) is 35.7 Å². The predicted octanol–water partition coefficient (Wildman–Crippen LogP) is 4.90. The molecular formula is C21H18O3. The van der Waals surface area contributed by atoms with Crippen LogP contribution in [0.25, 0.3) is 22.3 Å². The second kappa shape index (κ2) is 7.01. The molecule has 120 valence electrons. The first kappa shape index (κ1) is 15.8. The molecule has 0 unspecified atom stereocenters. The number of carbonyl (C=O) groups excluding carboxylic acids is 1. The molecule has 0 spiro atoms. The van der Waals surface area contributed by atoms with Crippen molar-refractivity contribution < 1.29 is 14.6 Å². The Morgan fingerprint density at radius 2 is 1.46 bits per heavy atom. The van der Waals surface area contributed by atoms with Gasteiger partial charge in [-0.3, -0.25) is 0 Å². The van der Waals surface area contributed by atoms with Crippen molar-refractivity contribution in [3.05, 3.63) is 78.4 Å². The van der Waals surface area contributed by atoms with Crippen LogP contribution in [-0.2, 0) is 4.74 Å². The van der Waals surface area contributed by atoms with E-state index < -0.39 is 5.97 Å². The number of phenols is 1. The molecule has 0 atom stereocenters. The highest BCUT2D eigenvalue weighted by molar-refractivity contribution is 6.01. The molecule has 0 aromatic heterocycles. The van der Waals surface area contributed by atoms with E-state index in [1.165, 1.54) is 0 Å². The summed E-state index contributed by atoms with van der Waals surface area (Å²) in [4.78, 5) is 12.3. The predicted molar refractivity (Wildman–Crippen MR) is 94.9 cm³/mol. The largest absolute Gasteiger partial charge is 0.507 e. The van der Waals surface area contributed by atoms with Crippen LogP contribution >= 0.6 is 0 Å². The van der Waals surface area contributed by atoms with E-state index in [9.17, 15) is 9.90 Å². The van der Waals surface area contributed by atoms with E-state index in [2.05, 4.69) is 0 Å². The van der Waals surface area contributed by atoms with Crippen molar-refractivity contribution in [2.75, 3.05) is 6.61 Å². The zero-order valence-electron chi connectivity index (χ0n) is 13.4. The molecule has 0 aliphatic rings. The Kier molecular flexibility index (Phi) is 4.62. The summed E-state index contributed by atoms with van der Waals surface area (Å²) in [5.41, 5.74) is 3.53. The minimum atomic E-state index is -0.520. The summed E-state index contributed by atoms with van der Waals surface area (Å²) in [6.45, 7) is 2.00. The molecule has 3 aromatic rings. The Morgan fingerprint density at radius 1 is 0.875 bits per heavy atom. The van der Waals surface area contributed by atoms with E-state index >= 15 is 0 Å². The zero-order valence-corrected chi connectivity index (χ0v) is 13.4. The molecule has 0 aliphatic heterocycles. The summed E-state index contributed by atoms with van der Waals surface area (Å²) >= 11 is 0. The molecule has 0 bridgehead atoms. The van der Waals surface area contributed by atoms with Gasteiger partial charge in [0.1, 0.15) is 11.3 Å². The van der Waals surface area contributed by atoms with Gasteiger partial charge in [0, 0.05) is 5.56 Å². The molecule has 1 N–H and O–H groups in total. The Hall–Kier alpha value is -3.07. The van der Waals surface area contributed by atoms with Gasteiger partial charge in [-0.15, -0.1) is 0 Å². The monoisotopic (exact) mass is 318 g/mol. The minimum Gasteiger partial charge on any atom is -0.507 e. The van der Waals surface area contributed by atoms with Crippen molar-refractivity contribution in [1.29, 1.82) is 0 Å². The number of ether oxygens (including phenoxy) is 1. The molecule has 0 fully saturated rings. The zero-order chi connectivity index (χ0) is 16.9. The van der Waals surface area contributed by atoms with Gasteiger partial charge >= 0.3 is 5.97 Å². The number of hydrogen-bond acceptors (Lipinski definition) is 3. The first-order chi connectivity index (χ1) is 11.7. The van der Waals surface area contributed by atoms with Crippen molar-refractivity contribution in [3.63, 3.8) is 0 Å². The molecule has 0 radical (unpaired) electrons. The summed E-state index contributed by atoms with van der Waals surface area (Å²) in [5.74, 6) is -0.595. The lowest BCUT2D eigenvalue weighted by Crippen LogP contribution is -2.07. The highest BCUT2D eigenvalue weighted by atomic mass is 16.5. The van der Waals surface area contributed by atoms with Crippen LogP contribution in [0, 0.1) is 0 Å². The molecule has 0 saturated heterocycles. The van der Waals surface area contributed by atoms with Gasteiger partial charge in [-0.2, -0.15) is 0 Å². The van der Waals surface area contributed by atoms with Gasteiger partial charge in [-0.25, -0.2) is 4.79 Å². The fourth-order valence-corrected chi connectivity index (χ4v) is 2.69. The Morgan fingerprint density at radius 3 is 2.04 bits per heavy atom. The molecular weight excluding hydrogens is 300 g/mol. The van der Waals surface area contributed by atoms with Crippen LogP contribution < -0.4 is 0 Å². The number of rotatable bonds is 4. The first-order valence-corrected chi connectivity index (χ1v) is 7.85. The van der Waals surface area contributed by atoms with Crippen LogP contribution in [0.15, 0.2) is 72.8 Å². The third-order valence-electron chi connectivity index (χ3n) is 3.79. The van der Waals surface area contributed by atoms with Gasteiger partial charge in [0.25, 0.3) is 0 Å². The number of esters is 1. The maximum Gasteiger partial charge on any atom is 0.342 e. The minimum absolute atomic E-state index is 0.0753. The van der Waals surface area contributed by atoms with Crippen molar-refractivity contribution in [2.45, 2.75) is 6.92 Å². The van der Waals surface area contributed by atoms with Gasteiger partial charge in [-0.1, -0.05) is 60.7 Å². The Balaban J connectivity index is 2.21. The summed E-state index contributed by atoms with van der Waals surface area (Å²) in [5, 5.41) is 10.5. The summed E-state index contributed by atoms with van der Waals surface area (Å²) in [7, 11) is 0. The number of hydrogen-bond donors (Lipinski definition) is 1. The Labute approximate surface area is 141 Å². The fraction of sp³-hybridized carbons (Fsp3) is 0.0952. The van der Waals surface area contributed by atoms with Gasteiger partial charge in [0.2, 0.25) is 0 Å². The average molecular weight is 318 g/mol. The number of carbonyl (C=O) groups is 1. The maximum atomic E-state index is 12.3. The topological polar surface area (TPSA) is 46.5 Å². The lowest BCUT2D eigenvalue weighted by atomic mass is 9.93. The van der Waals surface area contributed by atoms with Gasteiger partial charge in [0.15, 0.2) is 0 Å². The highest BCUT2D eigenvalue weighted by Crippen LogP contribution is 2.36. The van der Waals surface area contributed by atoms with Crippen LogP contribution in [0.2, 0.25) is 0 Å². The molecule has 0 heterocycles. The molecule has 0 amide bonds. The van der Waals surface area contributed by atoms with E-state index in [-0.39, 0.29) is 17.9 Å². The van der Waals surface area contributed by atoms with Crippen LogP contribution in [0.5, 0.6) is 5.75 Å². The van der Waals surface area contributed by atoms with E-state index in [1.54, 1.807) is 13.0 Å². The average Bonchev–Trinajstić information content (AvgIpc) is 2.62. The molecule has 3 heteroatoms. The van der Waals surface area contributed by atoms with Gasteiger partial charge in [0.05, 0.1) is 6.61 Å². The normalized spacial score (nSPS) is 10.4. The van der Waals surface area contributed by atoms with Crippen molar-refractivity contribution in [3.8, 4) is 28.0 Å². The molecule has 0 saturated carbocycles. The van der Waals surface area contributed by atoms with Crippen LogP contribution in [0.1, 0.15) is 17.3 Å². The number of benzene rings is 3. The van der Waals surface area contributed by atoms with Crippen LogP contribution in [0.4, 0.5) is 0 Å². The second-order valence-electron chi connectivity index (χ2n) is 5.37. The SMILES string of the molecule is CCOC(=O)c1c(O)cc(-c2ccccc2)cc1-c1ccccc1. The van der Waals surface area contributed by atoms with Crippen molar-refractivity contribution >= 4 is 5.97 Å². The summed E-state index contributed by atoms with van der Waals surface area (Å²) < 4.78 is 5.12. The number of phenolic OH excluding ortho intramolecular Hbond substituents is 1. The standard InChI is InChI=1S/C21H18O3/c1-2-24-21(23)20-18(16-11-7-4-8-12-16)13-17(14-19(20)22)15-9-5-3-6-10-15/h3-14,22H,2H2,1H3. The molecule has 3 aromatic carbocycles. The molecule has 3 rings (SSSR count). The van der Waals surface area contributed by atoms with Gasteiger partial charge < -0.3 is 9.84 Å². The van der Waals surface area contributed by atoms with E-state index in [4.69, 9.17) is 4.74 Å². The van der Waals surface area contributed by atoms with Crippen LogP contribution in [-0.4, -0.2) is 17.7 Å².